The number of hydrogen-bond donors (Lipinski definition) is 1. The lowest BCUT2D eigenvalue weighted by molar-refractivity contribution is 0.0252. The summed E-state index contributed by atoms with van der Waals surface area (Å²) in [6.45, 7) is 0. The van der Waals surface area contributed by atoms with E-state index in [9.17, 15) is 9.59 Å². The Balaban J connectivity index is 1.44. The van der Waals surface area contributed by atoms with Gasteiger partial charge in [-0.25, -0.2) is 4.79 Å². The highest BCUT2D eigenvalue weighted by Crippen LogP contribution is 2.31. The van der Waals surface area contributed by atoms with Crippen LogP contribution in [0.15, 0.2) is 91.0 Å². The van der Waals surface area contributed by atoms with Gasteiger partial charge in [0.25, 0.3) is 5.91 Å². The van der Waals surface area contributed by atoms with Crippen LogP contribution in [0.4, 0.5) is 5.69 Å². The molecule has 0 spiro atoms. The molecule has 1 heterocycles. The molecule has 1 atom stereocenters. The second-order valence-corrected chi connectivity index (χ2v) is 7.36. The molecule has 0 saturated heterocycles. The monoisotopic (exact) mass is 393 g/mol. The minimum absolute atomic E-state index is 0.204. The Labute approximate surface area is 174 Å². The molecule has 1 N–H and O–H groups in total. The van der Waals surface area contributed by atoms with E-state index in [1.54, 1.807) is 18.2 Å². The maximum absolute atomic E-state index is 12.9. The van der Waals surface area contributed by atoms with Crippen LogP contribution in [0.1, 0.15) is 37.9 Å². The molecule has 4 aromatic carbocycles. The van der Waals surface area contributed by atoms with Gasteiger partial charge in [0.15, 0.2) is 0 Å². The third kappa shape index (κ3) is 3.33. The third-order valence-corrected chi connectivity index (χ3v) is 5.45. The molecule has 30 heavy (non-hydrogen) atoms. The maximum atomic E-state index is 12.9. The van der Waals surface area contributed by atoms with E-state index in [1.807, 2.05) is 72.8 Å². The first-order valence-corrected chi connectivity index (χ1v) is 9.87. The number of nitrogens with one attached hydrogen (secondary N) is 1. The van der Waals surface area contributed by atoms with Crippen molar-refractivity contribution in [1.29, 1.82) is 0 Å². The predicted octanol–water partition coefficient (Wildman–Crippen LogP) is 5.55. The second-order valence-electron chi connectivity index (χ2n) is 7.36. The summed E-state index contributed by atoms with van der Waals surface area (Å²) < 4.78 is 5.60. The summed E-state index contributed by atoms with van der Waals surface area (Å²) in [5.74, 6) is -0.560. The number of amides is 1. The van der Waals surface area contributed by atoms with Crippen LogP contribution < -0.4 is 5.32 Å². The zero-order valence-corrected chi connectivity index (χ0v) is 16.2. The van der Waals surface area contributed by atoms with Gasteiger partial charge in [-0.15, -0.1) is 0 Å². The van der Waals surface area contributed by atoms with Crippen LogP contribution in [0.25, 0.3) is 10.8 Å². The van der Waals surface area contributed by atoms with Crippen LogP contribution >= 0.6 is 0 Å². The van der Waals surface area contributed by atoms with E-state index >= 15 is 0 Å². The fraction of sp³-hybridized carbons (Fsp3) is 0.0769. The summed E-state index contributed by atoms with van der Waals surface area (Å²) >= 11 is 0. The molecule has 146 valence electrons. The average Bonchev–Trinajstić information content (AvgIpc) is 2.79. The van der Waals surface area contributed by atoms with Crippen LogP contribution in [0, 0.1) is 0 Å². The van der Waals surface area contributed by atoms with Crippen LogP contribution in [-0.4, -0.2) is 11.9 Å². The van der Waals surface area contributed by atoms with Crippen molar-refractivity contribution in [2.45, 2.75) is 12.5 Å². The number of anilines is 1. The summed E-state index contributed by atoms with van der Waals surface area (Å²) in [6, 6.07) is 28.6. The molecular weight excluding hydrogens is 374 g/mol. The molecule has 0 aliphatic carbocycles. The molecule has 0 aromatic heterocycles. The summed E-state index contributed by atoms with van der Waals surface area (Å²) in [5.41, 5.74) is 3.57. The van der Waals surface area contributed by atoms with Gasteiger partial charge in [-0.3, -0.25) is 4.79 Å². The summed E-state index contributed by atoms with van der Waals surface area (Å²) in [5, 5.41) is 5.06. The Hall–Kier alpha value is -3.92. The van der Waals surface area contributed by atoms with Crippen molar-refractivity contribution >= 4 is 28.3 Å². The van der Waals surface area contributed by atoms with Gasteiger partial charge in [0.2, 0.25) is 0 Å². The van der Waals surface area contributed by atoms with Gasteiger partial charge in [0.05, 0.1) is 5.56 Å². The summed E-state index contributed by atoms with van der Waals surface area (Å²) in [4.78, 5) is 25.4. The molecule has 4 aromatic rings. The van der Waals surface area contributed by atoms with Crippen LogP contribution in [0.5, 0.6) is 0 Å². The summed E-state index contributed by atoms with van der Waals surface area (Å²) in [7, 11) is 0. The highest BCUT2D eigenvalue weighted by molar-refractivity contribution is 6.09. The minimum atomic E-state index is -0.355. The molecule has 1 aliphatic rings. The van der Waals surface area contributed by atoms with Crippen molar-refractivity contribution in [2.75, 3.05) is 5.32 Å². The zero-order chi connectivity index (χ0) is 20.5. The Morgan fingerprint density at radius 3 is 2.50 bits per heavy atom. The standard InChI is InChI=1S/C26H19NO3/c28-25(27-23-12-6-10-17-7-4-5-11-21(17)23)19-13-14-22-20(15-19)16-24(30-26(22)29)18-8-2-1-3-9-18/h1-15,24H,16H2,(H,27,28)/t24-/m0/s1. The Kier molecular flexibility index (Phi) is 4.52. The number of carbonyl (C=O) groups is 2. The number of rotatable bonds is 3. The van der Waals surface area contributed by atoms with E-state index in [0.717, 1.165) is 27.6 Å². The van der Waals surface area contributed by atoms with Crippen molar-refractivity contribution in [3.63, 3.8) is 0 Å². The van der Waals surface area contributed by atoms with E-state index in [4.69, 9.17) is 4.74 Å². The van der Waals surface area contributed by atoms with Gasteiger partial charge in [0.1, 0.15) is 6.10 Å². The number of carbonyl (C=O) groups excluding carboxylic acids is 2. The van der Waals surface area contributed by atoms with Gasteiger partial charge in [-0.05, 0) is 40.8 Å². The zero-order valence-electron chi connectivity index (χ0n) is 16.2. The van der Waals surface area contributed by atoms with Gasteiger partial charge in [-0.1, -0.05) is 66.7 Å². The van der Waals surface area contributed by atoms with Crippen molar-refractivity contribution < 1.29 is 14.3 Å². The second kappa shape index (κ2) is 7.48. The Morgan fingerprint density at radius 2 is 1.63 bits per heavy atom. The average molecular weight is 393 g/mol. The fourth-order valence-electron chi connectivity index (χ4n) is 3.92. The van der Waals surface area contributed by atoms with E-state index < -0.39 is 0 Å². The number of benzene rings is 4. The molecule has 4 nitrogen and oxygen atoms in total. The minimum Gasteiger partial charge on any atom is -0.454 e. The summed E-state index contributed by atoms with van der Waals surface area (Å²) in [6.07, 6.45) is 0.197. The smallest absolute Gasteiger partial charge is 0.339 e. The first-order valence-electron chi connectivity index (χ1n) is 9.87. The Morgan fingerprint density at radius 1 is 0.867 bits per heavy atom. The molecular formula is C26H19NO3. The molecule has 0 unspecified atom stereocenters. The largest absolute Gasteiger partial charge is 0.454 e. The molecule has 4 heteroatoms. The molecule has 0 bridgehead atoms. The lowest BCUT2D eigenvalue weighted by atomic mass is 9.93. The van der Waals surface area contributed by atoms with Crippen LogP contribution in [0.2, 0.25) is 0 Å². The normalized spacial score (nSPS) is 15.3. The molecule has 0 radical (unpaired) electrons. The van der Waals surface area contributed by atoms with Gasteiger partial charge < -0.3 is 10.1 Å². The van der Waals surface area contributed by atoms with Crippen molar-refractivity contribution in [2.24, 2.45) is 0 Å². The lowest BCUT2D eigenvalue weighted by Gasteiger charge is -2.25. The highest BCUT2D eigenvalue weighted by Gasteiger charge is 2.28. The third-order valence-electron chi connectivity index (χ3n) is 5.45. The first-order chi connectivity index (χ1) is 14.7. The molecule has 0 fully saturated rings. The number of cyclic esters (lactones) is 1. The Bertz CT molecular complexity index is 1260. The maximum Gasteiger partial charge on any atom is 0.339 e. The van der Waals surface area contributed by atoms with Crippen molar-refractivity contribution in [1.82, 2.24) is 0 Å². The SMILES string of the molecule is O=C(Nc1cccc2ccccc12)c1ccc2c(c1)C[C@@H](c1ccccc1)OC2=O. The molecule has 5 rings (SSSR count). The number of hydrogen-bond acceptors (Lipinski definition) is 3. The van der Waals surface area contributed by atoms with Gasteiger partial charge in [-0.2, -0.15) is 0 Å². The topological polar surface area (TPSA) is 55.4 Å². The van der Waals surface area contributed by atoms with E-state index in [2.05, 4.69) is 5.32 Å². The fourth-order valence-corrected chi connectivity index (χ4v) is 3.92. The van der Waals surface area contributed by atoms with E-state index in [1.165, 1.54) is 0 Å². The van der Waals surface area contributed by atoms with Crippen LogP contribution in [-0.2, 0) is 11.2 Å². The molecule has 1 amide bonds. The van der Waals surface area contributed by atoms with Crippen molar-refractivity contribution in [3.05, 3.63) is 113 Å². The number of esters is 1. The van der Waals surface area contributed by atoms with Crippen molar-refractivity contribution in [3.8, 4) is 0 Å². The van der Waals surface area contributed by atoms with E-state index in [0.29, 0.717) is 17.5 Å². The van der Waals surface area contributed by atoms with E-state index in [-0.39, 0.29) is 18.0 Å². The van der Waals surface area contributed by atoms with Gasteiger partial charge >= 0.3 is 5.97 Å². The quantitative estimate of drug-likeness (QED) is 0.465. The van der Waals surface area contributed by atoms with Gasteiger partial charge in [0, 0.05) is 23.1 Å². The number of fused-ring (bicyclic) bond motifs is 2. The highest BCUT2D eigenvalue weighted by atomic mass is 16.5. The molecule has 1 aliphatic heterocycles. The molecule has 0 saturated carbocycles. The number of ether oxygens (including phenoxy) is 1. The van der Waals surface area contributed by atoms with Crippen LogP contribution in [0.3, 0.4) is 0 Å². The predicted molar refractivity (Wildman–Crippen MR) is 117 cm³/mol. The first kappa shape index (κ1) is 18.1. The lowest BCUT2D eigenvalue weighted by Crippen LogP contribution is -2.23.